The highest BCUT2D eigenvalue weighted by molar-refractivity contribution is 5.97. The fraction of sp³-hybridized carbons (Fsp3) is 0.276. The molecule has 0 amide bonds. The molecule has 0 bridgehead atoms. The Morgan fingerprint density at radius 1 is 0.597 bits per heavy atom. The summed E-state index contributed by atoms with van der Waals surface area (Å²) in [6, 6.07) is 36.7. The number of hydrogen-bond donors (Lipinski definition) is 1. The molecule has 6 aromatic carbocycles. The van der Waals surface area contributed by atoms with E-state index in [0.717, 1.165) is 66.8 Å². The van der Waals surface area contributed by atoms with Crippen LogP contribution < -0.4 is 0 Å². The highest BCUT2D eigenvalue weighted by Crippen LogP contribution is 2.45. The highest BCUT2D eigenvalue weighted by Gasteiger charge is 2.29. The number of aromatic nitrogens is 3. The Morgan fingerprint density at radius 2 is 1.27 bits per heavy atom. The monoisotopic (exact) mass is 821 g/mol. The van der Waals surface area contributed by atoms with Gasteiger partial charge in [-0.05, 0) is 122 Å². The van der Waals surface area contributed by atoms with Gasteiger partial charge in [0.1, 0.15) is 11.6 Å². The Morgan fingerprint density at radius 3 is 1.94 bits per heavy atom. The molecule has 0 aliphatic rings. The third kappa shape index (κ3) is 8.36. The van der Waals surface area contributed by atoms with E-state index in [0.29, 0.717) is 28.2 Å². The Labute approximate surface area is 376 Å². The number of phenols is 1. The molecule has 4 nitrogen and oxygen atoms in total. The molecule has 2 aromatic heterocycles. The quantitative estimate of drug-likeness (QED) is 0.174. The zero-order chi connectivity index (χ0) is 48.7. The molecule has 314 valence electrons. The maximum atomic E-state index is 12.5. The van der Waals surface area contributed by atoms with E-state index in [9.17, 15) is 6.48 Å². The molecule has 0 radical (unpaired) electrons. The molecule has 8 aromatic rings. The number of phenolic OH excluding ortho intramolecular Hbond substituents is 1. The minimum absolute atomic E-state index is 0.0576. The van der Waals surface area contributed by atoms with Crippen LogP contribution in [0.15, 0.2) is 140 Å². The third-order valence-electron chi connectivity index (χ3n) is 11.8. The minimum atomic E-state index is -0.930. The van der Waals surface area contributed by atoms with E-state index in [2.05, 4.69) is 140 Å². The smallest absolute Gasteiger partial charge is 0.149 e. The van der Waals surface area contributed by atoms with E-state index in [-0.39, 0.29) is 51.7 Å². The van der Waals surface area contributed by atoms with Gasteiger partial charge >= 0.3 is 0 Å². The van der Waals surface area contributed by atoms with Crippen LogP contribution in [-0.2, 0) is 16.2 Å². The molecule has 2 heterocycles. The first-order valence-electron chi connectivity index (χ1n) is 24.0. The Kier molecular flexibility index (Phi) is 9.33. The topological polar surface area (TPSA) is 50.9 Å². The Hall–Kier alpha value is -6.26. The van der Waals surface area contributed by atoms with Gasteiger partial charge < -0.3 is 5.11 Å². The summed E-state index contributed by atoms with van der Waals surface area (Å²) in [6.45, 7) is 24.9. The van der Waals surface area contributed by atoms with Gasteiger partial charge in [-0.3, -0.25) is 9.55 Å². The first kappa shape index (κ1) is 36.4. The van der Waals surface area contributed by atoms with Crippen LogP contribution in [-0.4, -0.2) is 19.6 Å². The number of hydrogen-bond acceptors (Lipinski definition) is 3. The predicted molar refractivity (Wildman–Crippen MR) is 263 cm³/mol. The normalized spacial score (nSPS) is 13.7. The second-order valence-corrected chi connectivity index (χ2v) is 20.0. The van der Waals surface area contributed by atoms with Crippen LogP contribution >= 0.6 is 0 Å². The van der Waals surface area contributed by atoms with Crippen LogP contribution in [0.25, 0.3) is 72.7 Å². The second-order valence-electron chi connectivity index (χ2n) is 20.0. The molecule has 8 rings (SSSR count). The van der Waals surface area contributed by atoms with Gasteiger partial charge in [0.15, 0.2) is 0 Å². The maximum Gasteiger partial charge on any atom is 0.149 e. The van der Waals surface area contributed by atoms with Crippen LogP contribution in [0, 0.1) is 6.92 Å². The summed E-state index contributed by atoms with van der Waals surface area (Å²) in [5.74, 6) is -0.173. The summed E-state index contributed by atoms with van der Waals surface area (Å²) in [6.07, 6.45) is 1.66. The summed E-state index contributed by atoms with van der Waals surface area (Å²) in [7, 11) is 0. The van der Waals surface area contributed by atoms with Gasteiger partial charge in [0.2, 0.25) is 0 Å². The number of imidazole rings is 1. The van der Waals surface area contributed by atoms with Gasteiger partial charge in [-0.25, -0.2) is 4.98 Å². The zero-order valence-corrected chi connectivity index (χ0v) is 38.3. The molecule has 1 N–H and O–H groups in total. The number of nitrogens with zero attached hydrogens (tertiary/aromatic N) is 3. The summed E-state index contributed by atoms with van der Waals surface area (Å²) in [4.78, 5) is 10.4. The van der Waals surface area contributed by atoms with Crippen molar-refractivity contribution in [3.63, 3.8) is 0 Å². The van der Waals surface area contributed by atoms with E-state index in [1.807, 2.05) is 44.2 Å². The molecule has 0 saturated heterocycles. The van der Waals surface area contributed by atoms with Crippen molar-refractivity contribution in [1.29, 1.82) is 0 Å². The van der Waals surface area contributed by atoms with Crippen LogP contribution in [0.3, 0.4) is 0 Å². The van der Waals surface area contributed by atoms with Crippen LogP contribution in [0.4, 0.5) is 0 Å². The molecule has 62 heavy (non-hydrogen) atoms. The van der Waals surface area contributed by atoms with Gasteiger partial charge in [-0.2, -0.15) is 0 Å². The minimum Gasteiger partial charge on any atom is -0.507 e. The van der Waals surface area contributed by atoms with Crippen LogP contribution in [0.2, 0.25) is 0 Å². The van der Waals surface area contributed by atoms with E-state index in [1.54, 1.807) is 19.2 Å². The van der Waals surface area contributed by atoms with Gasteiger partial charge in [0.25, 0.3) is 0 Å². The average Bonchev–Trinajstić information content (AvgIpc) is 3.66. The first-order valence-corrected chi connectivity index (χ1v) is 21.5. The van der Waals surface area contributed by atoms with E-state index in [1.165, 1.54) is 0 Å². The standard InChI is InChI=1S/C58H61N3O/c1-36(2)41-27-42(38-17-14-13-15-18-38)32-47(31-41)61-52-20-16-19-48(53(52)60-55(61)49-34-46(57(7,8)9)35-50(54(49)62)58(10,11)12)43-28-44(30-45(29-43)56(4,5)6)51-33-40(25-26-59-51)39-23-21-37(3)22-24-39/h13-36,62H,1-12H3/i21D,22D,23D,24D,36D. The first-order chi connectivity index (χ1) is 31.2. The molecule has 0 aliphatic carbocycles. The van der Waals surface area contributed by atoms with E-state index < -0.39 is 5.89 Å². The zero-order valence-electron chi connectivity index (χ0n) is 43.3. The predicted octanol–water partition coefficient (Wildman–Crippen LogP) is 15.8. The van der Waals surface area contributed by atoms with Crippen molar-refractivity contribution in [2.75, 3.05) is 0 Å². The van der Waals surface area contributed by atoms with Gasteiger partial charge in [-0.15, -0.1) is 0 Å². The lowest BCUT2D eigenvalue weighted by atomic mass is 9.79. The van der Waals surface area contributed by atoms with Crippen molar-refractivity contribution >= 4 is 11.0 Å². The van der Waals surface area contributed by atoms with Crippen molar-refractivity contribution < 1.29 is 12.0 Å². The number of rotatable bonds is 7. The lowest BCUT2D eigenvalue weighted by Gasteiger charge is -2.27. The molecule has 0 spiro atoms. The second kappa shape index (κ2) is 15.9. The van der Waals surface area contributed by atoms with Crippen LogP contribution in [0.1, 0.15) is 117 Å². The lowest BCUT2D eigenvalue weighted by molar-refractivity contribution is 0.446. The fourth-order valence-electron chi connectivity index (χ4n) is 8.04. The summed E-state index contributed by atoms with van der Waals surface area (Å²) in [5, 5.41) is 12.5. The molecular formula is C58H61N3O. The number of benzene rings is 6. The van der Waals surface area contributed by atoms with Crippen molar-refractivity contribution in [2.45, 2.75) is 105 Å². The van der Waals surface area contributed by atoms with Crippen molar-refractivity contribution in [3.05, 3.63) is 167 Å². The maximum absolute atomic E-state index is 12.5. The number of aromatic hydroxyl groups is 1. The molecular weight excluding hydrogens is 755 g/mol. The fourth-order valence-corrected chi connectivity index (χ4v) is 8.04. The van der Waals surface area contributed by atoms with E-state index >= 15 is 0 Å². The molecule has 0 unspecified atom stereocenters. The van der Waals surface area contributed by atoms with Crippen molar-refractivity contribution in [2.24, 2.45) is 0 Å². The molecule has 0 saturated carbocycles. The van der Waals surface area contributed by atoms with Gasteiger partial charge in [0, 0.05) is 29.9 Å². The molecule has 0 aliphatic heterocycles. The van der Waals surface area contributed by atoms with Gasteiger partial charge in [0.05, 0.1) is 27.8 Å². The summed E-state index contributed by atoms with van der Waals surface area (Å²) >= 11 is 0. The van der Waals surface area contributed by atoms with Gasteiger partial charge in [-0.1, -0.05) is 167 Å². The summed E-state index contributed by atoms with van der Waals surface area (Å²) < 4.78 is 46.1. The number of pyridine rings is 1. The van der Waals surface area contributed by atoms with Crippen molar-refractivity contribution in [3.8, 4) is 67.5 Å². The lowest BCUT2D eigenvalue weighted by Crippen LogP contribution is -2.17. The summed E-state index contributed by atoms with van der Waals surface area (Å²) in [5.41, 5.74) is 12.2. The van der Waals surface area contributed by atoms with E-state index in [4.69, 9.17) is 15.5 Å². The van der Waals surface area contributed by atoms with Crippen LogP contribution in [0.5, 0.6) is 5.75 Å². The molecule has 0 fully saturated rings. The third-order valence-corrected chi connectivity index (χ3v) is 11.8. The average molecular weight is 821 g/mol. The van der Waals surface area contributed by atoms with Crippen molar-refractivity contribution in [1.82, 2.24) is 14.5 Å². The number of fused-ring (bicyclic) bond motifs is 1. The SMILES string of the molecule is [2H]c1c([2H])c(-c2ccnc(-c3cc(-c4cccc5c4nc(-c4cc(C(C)(C)C)cc(C(C)(C)C)c4O)n5-c4cc(-c5ccccc5)cc(C([2H])(C)C)c4)cc(C(C)(C)C)c3)c2)c([2H])c([2H])c1C. The molecule has 0 atom stereocenters. The number of para-hydroxylation sites is 1. The largest absolute Gasteiger partial charge is 0.507 e. The molecule has 4 heteroatoms. The highest BCUT2D eigenvalue weighted by atomic mass is 16.3. The Balaban J connectivity index is 1.45. The Bertz CT molecular complexity index is 3200.